The van der Waals surface area contributed by atoms with Crippen LogP contribution in [0.2, 0.25) is 0 Å². The van der Waals surface area contributed by atoms with Crippen LogP contribution in [-0.2, 0) is 4.79 Å². The molecule has 2 atom stereocenters. The number of benzene rings is 2. The Morgan fingerprint density at radius 2 is 1.63 bits per heavy atom. The molecule has 1 fully saturated rings. The first-order valence-corrected chi connectivity index (χ1v) is 7.34. The zero-order chi connectivity index (χ0) is 13.3. The summed E-state index contributed by atoms with van der Waals surface area (Å²) < 4.78 is -0.247. The van der Waals surface area contributed by atoms with Gasteiger partial charge in [-0.3, -0.25) is 4.79 Å². The van der Waals surface area contributed by atoms with Gasteiger partial charge in [-0.1, -0.05) is 48.5 Å². The quantitative estimate of drug-likeness (QED) is 0.822. The van der Waals surface area contributed by atoms with Crippen LogP contribution in [0.25, 0.3) is 0 Å². The number of thioether (sulfide) groups is 1. The standard InChI is InChI=1S/C17H16OS/c1-13(18)17(19-15-10-6-3-7-11-15)12-16(17)14-8-4-2-5-9-14/h2-11,16H,12H2,1H3. The van der Waals surface area contributed by atoms with Gasteiger partial charge in [-0.15, -0.1) is 11.8 Å². The van der Waals surface area contributed by atoms with E-state index in [4.69, 9.17) is 0 Å². The smallest absolute Gasteiger partial charge is 0.146 e. The van der Waals surface area contributed by atoms with E-state index in [1.54, 1.807) is 18.7 Å². The molecule has 0 bridgehead atoms. The molecule has 0 aromatic heterocycles. The average molecular weight is 268 g/mol. The van der Waals surface area contributed by atoms with E-state index in [1.807, 2.05) is 36.4 Å². The molecular weight excluding hydrogens is 252 g/mol. The van der Waals surface area contributed by atoms with Crippen LogP contribution in [0.5, 0.6) is 0 Å². The van der Waals surface area contributed by atoms with Gasteiger partial charge in [0.2, 0.25) is 0 Å². The second-order valence-corrected chi connectivity index (χ2v) is 6.43. The summed E-state index contributed by atoms with van der Waals surface area (Å²) >= 11 is 1.72. The number of hydrogen-bond acceptors (Lipinski definition) is 2. The second-order valence-electron chi connectivity index (χ2n) is 5.03. The van der Waals surface area contributed by atoms with E-state index in [-0.39, 0.29) is 10.5 Å². The lowest BCUT2D eigenvalue weighted by Crippen LogP contribution is -2.17. The molecule has 0 heterocycles. The highest BCUT2D eigenvalue weighted by molar-refractivity contribution is 8.01. The van der Waals surface area contributed by atoms with Crippen LogP contribution in [-0.4, -0.2) is 10.5 Å². The van der Waals surface area contributed by atoms with Crippen LogP contribution in [0.15, 0.2) is 65.6 Å². The molecule has 0 aliphatic heterocycles. The van der Waals surface area contributed by atoms with Crippen molar-refractivity contribution in [3.8, 4) is 0 Å². The van der Waals surface area contributed by atoms with Crippen LogP contribution >= 0.6 is 11.8 Å². The Kier molecular flexibility index (Phi) is 3.19. The topological polar surface area (TPSA) is 17.1 Å². The fourth-order valence-electron chi connectivity index (χ4n) is 2.59. The largest absolute Gasteiger partial charge is 0.298 e. The molecule has 0 saturated heterocycles. The predicted molar refractivity (Wildman–Crippen MR) is 79.5 cm³/mol. The summed E-state index contributed by atoms with van der Waals surface area (Å²) in [7, 11) is 0. The maximum absolute atomic E-state index is 12.1. The van der Waals surface area contributed by atoms with E-state index in [2.05, 4.69) is 24.3 Å². The highest BCUT2D eigenvalue weighted by atomic mass is 32.2. The summed E-state index contributed by atoms with van der Waals surface area (Å²) in [6.45, 7) is 1.72. The summed E-state index contributed by atoms with van der Waals surface area (Å²) in [5.74, 6) is 0.645. The van der Waals surface area contributed by atoms with Crippen molar-refractivity contribution in [2.75, 3.05) is 0 Å². The van der Waals surface area contributed by atoms with Crippen LogP contribution < -0.4 is 0 Å². The fraction of sp³-hybridized carbons (Fsp3) is 0.235. The molecule has 2 heteroatoms. The summed E-state index contributed by atoms with van der Waals surface area (Å²) in [4.78, 5) is 13.3. The first kappa shape index (κ1) is 12.5. The van der Waals surface area contributed by atoms with Gasteiger partial charge in [0.25, 0.3) is 0 Å². The van der Waals surface area contributed by atoms with Gasteiger partial charge in [-0.05, 0) is 31.0 Å². The van der Waals surface area contributed by atoms with E-state index < -0.39 is 0 Å². The van der Waals surface area contributed by atoms with Gasteiger partial charge < -0.3 is 0 Å². The van der Waals surface area contributed by atoms with Crippen molar-refractivity contribution in [2.45, 2.75) is 28.9 Å². The van der Waals surface area contributed by atoms with E-state index in [0.29, 0.717) is 5.92 Å². The van der Waals surface area contributed by atoms with Gasteiger partial charge in [-0.2, -0.15) is 0 Å². The minimum absolute atomic E-state index is 0.247. The molecule has 2 aromatic rings. The number of hydrogen-bond donors (Lipinski definition) is 0. The molecule has 0 spiro atoms. The number of ketones is 1. The van der Waals surface area contributed by atoms with Crippen molar-refractivity contribution in [3.05, 3.63) is 66.2 Å². The maximum atomic E-state index is 12.1. The van der Waals surface area contributed by atoms with Gasteiger partial charge in [0.15, 0.2) is 0 Å². The normalized spacial score (nSPS) is 25.0. The third-order valence-electron chi connectivity index (χ3n) is 3.75. The fourth-order valence-corrected chi connectivity index (χ4v) is 3.98. The minimum atomic E-state index is -0.247. The Balaban J connectivity index is 1.86. The maximum Gasteiger partial charge on any atom is 0.146 e. The number of carbonyl (C=O) groups excluding carboxylic acids is 1. The average Bonchev–Trinajstić information content (AvgIpc) is 3.17. The Morgan fingerprint density at radius 3 is 2.21 bits per heavy atom. The summed E-state index contributed by atoms with van der Waals surface area (Å²) in [6, 6.07) is 20.6. The lowest BCUT2D eigenvalue weighted by Gasteiger charge is -2.14. The zero-order valence-electron chi connectivity index (χ0n) is 10.9. The lowest BCUT2D eigenvalue weighted by atomic mass is 10.1. The monoisotopic (exact) mass is 268 g/mol. The molecule has 0 amide bonds. The second kappa shape index (κ2) is 4.86. The van der Waals surface area contributed by atoms with Crippen LogP contribution in [0.3, 0.4) is 0 Å². The Hall–Kier alpha value is -1.54. The van der Waals surface area contributed by atoms with E-state index in [0.717, 1.165) is 6.42 Å². The predicted octanol–water partition coefficient (Wildman–Crippen LogP) is 4.29. The van der Waals surface area contributed by atoms with Crippen molar-refractivity contribution in [3.63, 3.8) is 0 Å². The van der Waals surface area contributed by atoms with Gasteiger partial charge in [0.1, 0.15) is 5.78 Å². The third kappa shape index (κ3) is 2.33. The Bertz CT molecular complexity index is 579. The Labute approximate surface area is 118 Å². The van der Waals surface area contributed by atoms with Gasteiger partial charge >= 0.3 is 0 Å². The molecule has 0 radical (unpaired) electrons. The summed E-state index contributed by atoms with van der Waals surface area (Å²) in [5, 5.41) is 0. The molecular formula is C17H16OS. The summed E-state index contributed by atoms with van der Waals surface area (Å²) in [5.41, 5.74) is 1.28. The van der Waals surface area contributed by atoms with Crippen LogP contribution in [0.4, 0.5) is 0 Å². The number of carbonyl (C=O) groups is 1. The number of Topliss-reactive ketones (excluding diaryl/α,β-unsaturated/α-hetero) is 1. The minimum Gasteiger partial charge on any atom is -0.298 e. The van der Waals surface area contributed by atoms with Crippen molar-refractivity contribution >= 4 is 17.5 Å². The molecule has 2 aromatic carbocycles. The van der Waals surface area contributed by atoms with Crippen LogP contribution in [0, 0.1) is 0 Å². The molecule has 3 rings (SSSR count). The van der Waals surface area contributed by atoms with Gasteiger partial charge in [0, 0.05) is 10.8 Å². The first-order valence-electron chi connectivity index (χ1n) is 6.52. The molecule has 1 aliphatic carbocycles. The van der Waals surface area contributed by atoms with E-state index >= 15 is 0 Å². The van der Waals surface area contributed by atoms with Crippen molar-refractivity contribution in [2.24, 2.45) is 0 Å². The summed E-state index contributed by atoms with van der Waals surface area (Å²) in [6.07, 6.45) is 0.950. The molecule has 0 N–H and O–H groups in total. The Morgan fingerprint density at radius 1 is 1.05 bits per heavy atom. The first-order chi connectivity index (χ1) is 9.22. The van der Waals surface area contributed by atoms with Gasteiger partial charge in [0.05, 0.1) is 4.75 Å². The molecule has 96 valence electrons. The lowest BCUT2D eigenvalue weighted by molar-refractivity contribution is -0.117. The van der Waals surface area contributed by atoms with Crippen molar-refractivity contribution < 1.29 is 4.79 Å². The molecule has 1 nitrogen and oxygen atoms in total. The highest BCUT2D eigenvalue weighted by Crippen LogP contribution is 2.62. The van der Waals surface area contributed by atoms with Gasteiger partial charge in [-0.25, -0.2) is 0 Å². The van der Waals surface area contributed by atoms with Crippen molar-refractivity contribution in [1.29, 1.82) is 0 Å². The highest BCUT2D eigenvalue weighted by Gasteiger charge is 2.59. The van der Waals surface area contributed by atoms with E-state index in [1.165, 1.54) is 10.5 Å². The molecule has 1 aliphatic rings. The third-order valence-corrected chi connectivity index (χ3v) is 5.36. The van der Waals surface area contributed by atoms with Crippen molar-refractivity contribution in [1.82, 2.24) is 0 Å². The zero-order valence-corrected chi connectivity index (χ0v) is 11.7. The molecule has 1 saturated carbocycles. The molecule has 19 heavy (non-hydrogen) atoms. The SMILES string of the molecule is CC(=O)C1(Sc2ccccc2)CC1c1ccccc1. The van der Waals surface area contributed by atoms with E-state index in [9.17, 15) is 4.79 Å². The van der Waals surface area contributed by atoms with Crippen LogP contribution in [0.1, 0.15) is 24.8 Å². The number of rotatable bonds is 4. The molecule has 2 unspecified atom stereocenters.